The number of amides is 1. The van der Waals surface area contributed by atoms with Gasteiger partial charge in [-0.05, 0) is 12.1 Å². The molecule has 2 N–H and O–H groups in total. The lowest BCUT2D eigenvalue weighted by molar-refractivity contribution is -0.119. The number of hydrogen-bond donors (Lipinski definition) is 2. The molecule has 82 valence electrons. The van der Waals surface area contributed by atoms with Crippen LogP contribution in [0, 0.1) is 0 Å². The van der Waals surface area contributed by atoms with Crippen LogP contribution in [0.3, 0.4) is 0 Å². The fourth-order valence-electron chi connectivity index (χ4n) is 0.766. The van der Waals surface area contributed by atoms with Crippen LogP contribution in [0.1, 0.15) is 6.92 Å². The molecule has 1 aromatic heterocycles. The van der Waals surface area contributed by atoms with Gasteiger partial charge in [-0.2, -0.15) is 0 Å². The van der Waals surface area contributed by atoms with Crippen molar-refractivity contribution in [3.05, 3.63) is 23.5 Å². The molecule has 0 unspecified atom stereocenters. The molecular weight excluding hydrogens is 242 g/mol. The fourth-order valence-corrected chi connectivity index (χ4v) is 2.11. The number of nitrogens with one attached hydrogen (secondary N) is 2. The molecule has 6 nitrogen and oxygen atoms in total. The molecule has 1 aromatic rings. The molecule has 0 saturated carbocycles. The molecule has 0 spiro atoms. The quantitative estimate of drug-likeness (QED) is 0.586. The minimum atomic E-state index is -3.86. The summed E-state index contributed by atoms with van der Waals surface area (Å²) in [6.07, 6.45) is 1.36. The monoisotopic (exact) mass is 249 g/mol. The van der Waals surface area contributed by atoms with E-state index < -0.39 is 15.9 Å². The van der Waals surface area contributed by atoms with Crippen LogP contribution in [-0.2, 0) is 14.8 Å². The summed E-state index contributed by atoms with van der Waals surface area (Å²) in [5, 5.41) is -0.157. The van der Waals surface area contributed by atoms with E-state index in [-0.39, 0.29) is 10.0 Å². The van der Waals surface area contributed by atoms with E-state index in [0.29, 0.717) is 0 Å². The summed E-state index contributed by atoms with van der Waals surface area (Å²) in [5.41, 5.74) is 1.95. The first-order valence-corrected chi connectivity index (χ1v) is 5.68. The highest BCUT2D eigenvalue weighted by molar-refractivity contribution is 7.89. The van der Waals surface area contributed by atoms with Gasteiger partial charge in [-0.15, -0.1) is 4.83 Å². The number of sulfonamides is 1. The van der Waals surface area contributed by atoms with Gasteiger partial charge in [0.1, 0.15) is 10.0 Å². The Kier molecular flexibility index (Phi) is 3.61. The molecule has 8 heteroatoms. The molecule has 15 heavy (non-hydrogen) atoms. The molecule has 1 heterocycles. The van der Waals surface area contributed by atoms with Crippen molar-refractivity contribution in [2.45, 2.75) is 11.8 Å². The summed E-state index contributed by atoms with van der Waals surface area (Å²) in [6, 6.07) is 2.70. The number of carbonyl (C=O) groups excluding carboxylic acids is 1. The van der Waals surface area contributed by atoms with Gasteiger partial charge in [0.05, 0.1) is 0 Å². The molecule has 0 saturated heterocycles. The van der Waals surface area contributed by atoms with Crippen molar-refractivity contribution in [3.63, 3.8) is 0 Å². The maximum Gasteiger partial charge on any atom is 0.260 e. The second-order valence-electron chi connectivity index (χ2n) is 2.58. The van der Waals surface area contributed by atoms with Crippen molar-refractivity contribution < 1.29 is 13.2 Å². The Morgan fingerprint density at radius 1 is 1.53 bits per heavy atom. The third-order valence-electron chi connectivity index (χ3n) is 1.38. The number of nitrogens with zero attached hydrogens (tertiary/aromatic N) is 1. The summed E-state index contributed by atoms with van der Waals surface area (Å²) >= 11 is 5.58. The Bertz CT molecular complexity index is 474. The highest BCUT2D eigenvalue weighted by Crippen LogP contribution is 2.16. The van der Waals surface area contributed by atoms with Crippen LogP contribution in [0.2, 0.25) is 5.15 Å². The van der Waals surface area contributed by atoms with E-state index in [9.17, 15) is 13.2 Å². The summed E-state index contributed by atoms with van der Waals surface area (Å²) in [7, 11) is -3.86. The lowest BCUT2D eigenvalue weighted by atomic mass is 10.5. The lowest BCUT2D eigenvalue weighted by Gasteiger charge is -2.06. The maximum atomic E-state index is 11.5. The Hall–Kier alpha value is -1.18. The number of hydrazine groups is 1. The average molecular weight is 250 g/mol. The molecule has 0 aliphatic carbocycles. The molecule has 0 atom stereocenters. The number of hydrogen-bond acceptors (Lipinski definition) is 4. The SMILES string of the molecule is CC(=O)NNS(=O)(=O)c1cccnc1Cl. The van der Waals surface area contributed by atoms with Crippen LogP contribution in [0.5, 0.6) is 0 Å². The Morgan fingerprint density at radius 2 is 2.20 bits per heavy atom. The van der Waals surface area contributed by atoms with E-state index in [4.69, 9.17) is 11.6 Å². The summed E-state index contributed by atoms with van der Waals surface area (Å²) in [4.78, 5) is 15.8. The Labute approximate surface area is 91.7 Å². The normalized spacial score (nSPS) is 11.1. The molecule has 0 aliphatic heterocycles. The molecule has 1 rings (SSSR count). The zero-order valence-corrected chi connectivity index (χ0v) is 9.26. The van der Waals surface area contributed by atoms with Crippen molar-refractivity contribution >= 4 is 27.5 Å². The standard InChI is InChI=1S/C7H8ClN3O3S/c1-5(12)10-11-15(13,14)6-3-2-4-9-7(6)8/h2-4,11H,1H3,(H,10,12). The molecular formula is C7H8ClN3O3S. The number of rotatable bonds is 3. The number of halogens is 1. The van der Waals surface area contributed by atoms with Gasteiger partial charge in [-0.3, -0.25) is 10.2 Å². The highest BCUT2D eigenvalue weighted by atomic mass is 35.5. The van der Waals surface area contributed by atoms with E-state index in [1.165, 1.54) is 25.3 Å². The van der Waals surface area contributed by atoms with Crippen LogP contribution in [-0.4, -0.2) is 19.3 Å². The largest absolute Gasteiger partial charge is 0.278 e. The van der Waals surface area contributed by atoms with E-state index in [1.807, 2.05) is 10.3 Å². The van der Waals surface area contributed by atoms with Gasteiger partial charge in [0.25, 0.3) is 10.0 Å². The summed E-state index contributed by atoms with van der Waals surface area (Å²) in [5.74, 6) is -0.529. The number of carbonyl (C=O) groups is 1. The number of pyridine rings is 1. The topological polar surface area (TPSA) is 88.2 Å². The predicted octanol–water partition coefficient (Wildman–Crippen LogP) is 0.0644. The first kappa shape index (κ1) is 11.9. The first-order chi connectivity index (χ1) is 6.93. The van der Waals surface area contributed by atoms with Crippen LogP contribution >= 0.6 is 11.6 Å². The highest BCUT2D eigenvalue weighted by Gasteiger charge is 2.18. The summed E-state index contributed by atoms with van der Waals surface area (Å²) in [6.45, 7) is 1.17. The minimum Gasteiger partial charge on any atom is -0.278 e. The molecule has 0 fully saturated rings. The van der Waals surface area contributed by atoms with Gasteiger partial charge in [0.15, 0.2) is 0 Å². The molecule has 1 amide bonds. The molecule has 0 radical (unpaired) electrons. The average Bonchev–Trinajstić information content (AvgIpc) is 2.15. The Balaban J connectivity index is 2.97. The van der Waals surface area contributed by atoms with E-state index in [2.05, 4.69) is 4.98 Å². The lowest BCUT2D eigenvalue weighted by Crippen LogP contribution is -2.40. The van der Waals surface area contributed by atoms with Crippen LogP contribution in [0.25, 0.3) is 0 Å². The molecule has 0 aliphatic rings. The van der Waals surface area contributed by atoms with E-state index in [0.717, 1.165) is 0 Å². The van der Waals surface area contributed by atoms with Crippen molar-refractivity contribution in [2.75, 3.05) is 0 Å². The minimum absolute atomic E-state index is 0.157. The van der Waals surface area contributed by atoms with Gasteiger partial charge in [0.2, 0.25) is 5.91 Å². The van der Waals surface area contributed by atoms with Crippen molar-refractivity contribution in [1.82, 2.24) is 15.2 Å². The van der Waals surface area contributed by atoms with Gasteiger partial charge >= 0.3 is 0 Å². The second kappa shape index (κ2) is 4.56. The van der Waals surface area contributed by atoms with Crippen LogP contribution in [0.4, 0.5) is 0 Å². The van der Waals surface area contributed by atoms with Crippen molar-refractivity contribution in [1.29, 1.82) is 0 Å². The van der Waals surface area contributed by atoms with E-state index >= 15 is 0 Å². The van der Waals surface area contributed by atoms with Crippen LogP contribution in [0.15, 0.2) is 23.2 Å². The van der Waals surface area contributed by atoms with E-state index in [1.54, 1.807) is 0 Å². The number of aromatic nitrogens is 1. The van der Waals surface area contributed by atoms with Crippen LogP contribution < -0.4 is 10.3 Å². The third kappa shape index (κ3) is 3.15. The smallest absolute Gasteiger partial charge is 0.260 e. The zero-order valence-electron chi connectivity index (χ0n) is 7.69. The second-order valence-corrected chi connectivity index (χ2v) is 4.59. The third-order valence-corrected chi connectivity index (χ3v) is 3.07. The predicted molar refractivity (Wildman–Crippen MR) is 53.4 cm³/mol. The first-order valence-electron chi connectivity index (χ1n) is 3.82. The van der Waals surface area contributed by atoms with Crippen molar-refractivity contribution in [3.8, 4) is 0 Å². The van der Waals surface area contributed by atoms with Gasteiger partial charge in [-0.1, -0.05) is 11.6 Å². The van der Waals surface area contributed by atoms with Gasteiger partial charge in [0, 0.05) is 13.1 Å². The fraction of sp³-hybridized carbons (Fsp3) is 0.143. The van der Waals surface area contributed by atoms with Gasteiger partial charge in [-0.25, -0.2) is 13.4 Å². The van der Waals surface area contributed by atoms with Crippen molar-refractivity contribution in [2.24, 2.45) is 0 Å². The molecule has 0 bridgehead atoms. The Morgan fingerprint density at radius 3 is 2.73 bits per heavy atom. The summed E-state index contributed by atoms with van der Waals surface area (Å²) < 4.78 is 23.0. The maximum absolute atomic E-state index is 11.5. The molecule has 0 aromatic carbocycles. The zero-order chi connectivity index (χ0) is 11.5. The van der Waals surface area contributed by atoms with Gasteiger partial charge < -0.3 is 0 Å².